The molecule has 0 heterocycles. The van der Waals surface area contributed by atoms with Gasteiger partial charge in [0.05, 0.1) is 7.11 Å². The van der Waals surface area contributed by atoms with E-state index in [4.69, 9.17) is 10.5 Å². The Morgan fingerprint density at radius 2 is 2.30 bits per heavy atom. The lowest BCUT2D eigenvalue weighted by molar-refractivity contribution is 0.326. The molecular weight excluding hydrogens is 250 g/mol. The zero-order chi connectivity index (χ0) is 13.9. The van der Waals surface area contributed by atoms with Crippen molar-refractivity contribution in [1.29, 1.82) is 0 Å². The number of ether oxygens (including phenoxy) is 1. The predicted molar refractivity (Wildman–Crippen MR) is 81.1 cm³/mol. The molecule has 2 fully saturated rings. The smallest absolute Gasteiger partial charge is 0.188 e. The molecule has 2 aliphatic carbocycles. The van der Waals surface area contributed by atoms with Gasteiger partial charge in [0, 0.05) is 18.5 Å². The summed E-state index contributed by atoms with van der Waals surface area (Å²) in [6, 6.07) is 8.69. The fourth-order valence-corrected chi connectivity index (χ4v) is 2.73. The zero-order valence-corrected chi connectivity index (χ0v) is 12.0. The van der Waals surface area contributed by atoms with Crippen molar-refractivity contribution < 1.29 is 4.74 Å². The van der Waals surface area contributed by atoms with Crippen molar-refractivity contribution >= 4 is 5.96 Å². The van der Waals surface area contributed by atoms with Gasteiger partial charge in [-0.15, -0.1) is 0 Å². The van der Waals surface area contributed by atoms with Crippen LogP contribution in [0.2, 0.25) is 0 Å². The summed E-state index contributed by atoms with van der Waals surface area (Å²) in [6.07, 6.45) is 5.10. The molecule has 3 rings (SSSR count). The minimum Gasteiger partial charge on any atom is -0.497 e. The van der Waals surface area contributed by atoms with Crippen LogP contribution in [0.25, 0.3) is 0 Å². The number of rotatable bonds is 5. The highest BCUT2D eigenvalue weighted by Gasteiger charge is 2.38. The summed E-state index contributed by atoms with van der Waals surface area (Å²) in [5.41, 5.74) is 7.27. The molecule has 4 heteroatoms. The molecule has 0 unspecified atom stereocenters. The molecule has 4 nitrogen and oxygen atoms in total. The van der Waals surface area contributed by atoms with E-state index in [2.05, 4.69) is 22.4 Å². The molecule has 0 amide bonds. The number of nitrogens with one attached hydrogen (secondary N) is 1. The number of methoxy groups -OCH3 is 1. The molecule has 2 atom stereocenters. The van der Waals surface area contributed by atoms with Crippen molar-refractivity contribution in [3.63, 3.8) is 0 Å². The van der Waals surface area contributed by atoms with Crippen molar-refractivity contribution in [2.75, 3.05) is 13.7 Å². The number of nitrogens with two attached hydrogens (primary N) is 1. The Morgan fingerprint density at radius 3 is 3.00 bits per heavy atom. The number of guanidine groups is 1. The largest absolute Gasteiger partial charge is 0.497 e. The Balaban J connectivity index is 1.50. The standard InChI is InChI=1S/C16H23N3O/c1-20-13-7-3-6-12(8-13)14-9-15(14)19-16(17)18-10-11-4-2-5-11/h3,6-8,11,14-15H,2,4-5,9-10H2,1H3,(H3,17,18,19)/t14-,15+/m0/s1. The molecule has 3 N–H and O–H groups in total. The maximum Gasteiger partial charge on any atom is 0.188 e. The van der Waals surface area contributed by atoms with Crippen LogP contribution in [0.15, 0.2) is 29.3 Å². The van der Waals surface area contributed by atoms with Gasteiger partial charge < -0.3 is 15.8 Å². The quantitative estimate of drug-likeness (QED) is 0.639. The summed E-state index contributed by atoms with van der Waals surface area (Å²) in [7, 11) is 1.70. The van der Waals surface area contributed by atoms with E-state index in [0.29, 0.717) is 17.9 Å². The fourth-order valence-electron chi connectivity index (χ4n) is 2.73. The maximum absolute atomic E-state index is 5.95. The van der Waals surface area contributed by atoms with Gasteiger partial charge in [-0.3, -0.25) is 4.99 Å². The number of hydrogen-bond donors (Lipinski definition) is 2. The first kappa shape index (κ1) is 13.3. The van der Waals surface area contributed by atoms with Gasteiger partial charge in [0.25, 0.3) is 0 Å². The summed E-state index contributed by atoms with van der Waals surface area (Å²) in [5.74, 6) is 2.82. The van der Waals surface area contributed by atoms with E-state index >= 15 is 0 Å². The lowest BCUT2D eigenvalue weighted by Gasteiger charge is -2.23. The molecule has 0 aromatic heterocycles. The minimum absolute atomic E-state index is 0.423. The van der Waals surface area contributed by atoms with E-state index in [0.717, 1.165) is 24.6 Å². The average Bonchev–Trinajstić information content (AvgIpc) is 3.16. The van der Waals surface area contributed by atoms with E-state index in [1.54, 1.807) is 7.11 Å². The van der Waals surface area contributed by atoms with Crippen LogP contribution in [0.4, 0.5) is 0 Å². The van der Waals surface area contributed by atoms with E-state index in [9.17, 15) is 0 Å². The number of benzene rings is 1. The molecule has 2 aliphatic rings. The second-order valence-electron chi connectivity index (χ2n) is 5.89. The highest BCUT2D eigenvalue weighted by Crippen LogP contribution is 2.41. The molecule has 108 valence electrons. The third kappa shape index (κ3) is 3.06. The summed E-state index contributed by atoms with van der Waals surface area (Å²) >= 11 is 0. The van der Waals surface area contributed by atoms with Crippen LogP contribution >= 0.6 is 0 Å². The molecule has 0 bridgehead atoms. The lowest BCUT2D eigenvalue weighted by Crippen LogP contribution is -2.35. The van der Waals surface area contributed by atoms with E-state index in [1.807, 2.05) is 12.1 Å². The van der Waals surface area contributed by atoms with Crippen LogP contribution in [-0.2, 0) is 0 Å². The molecule has 0 spiro atoms. The molecule has 2 saturated carbocycles. The normalized spacial score (nSPS) is 25.9. The van der Waals surface area contributed by atoms with Crippen molar-refractivity contribution in [2.24, 2.45) is 16.6 Å². The number of hydrogen-bond acceptors (Lipinski definition) is 2. The average molecular weight is 273 g/mol. The van der Waals surface area contributed by atoms with Gasteiger partial charge >= 0.3 is 0 Å². The molecular formula is C16H23N3O. The second kappa shape index (κ2) is 5.73. The van der Waals surface area contributed by atoms with E-state index < -0.39 is 0 Å². The molecule has 0 saturated heterocycles. The summed E-state index contributed by atoms with van der Waals surface area (Å²) in [4.78, 5) is 4.45. The Hall–Kier alpha value is -1.71. The van der Waals surface area contributed by atoms with Gasteiger partial charge in [0.15, 0.2) is 5.96 Å². The summed E-state index contributed by atoms with van der Waals surface area (Å²) in [6.45, 7) is 0.884. The third-order valence-electron chi connectivity index (χ3n) is 4.39. The van der Waals surface area contributed by atoms with Gasteiger partial charge in [-0.05, 0) is 42.9 Å². The van der Waals surface area contributed by atoms with E-state index in [1.165, 1.54) is 24.8 Å². The Morgan fingerprint density at radius 1 is 1.45 bits per heavy atom. The van der Waals surface area contributed by atoms with Crippen LogP contribution in [0.3, 0.4) is 0 Å². The molecule has 20 heavy (non-hydrogen) atoms. The third-order valence-corrected chi connectivity index (χ3v) is 4.39. The highest BCUT2D eigenvalue weighted by atomic mass is 16.5. The van der Waals surface area contributed by atoms with Crippen LogP contribution in [-0.4, -0.2) is 25.7 Å². The van der Waals surface area contributed by atoms with Crippen molar-refractivity contribution in [1.82, 2.24) is 5.32 Å². The fraction of sp³-hybridized carbons (Fsp3) is 0.562. The van der Waals surface area contributed by atoms with Crippen LogP contribution < -0.4 is 15.8 Å². The molecule has 0 radical (unpaired) electrons. The maximum atomic E-state index is 5.95. The van der Waals surface area contributed by atoms with Crippen molar-refractivity contribution in [2.45, 2.75) is 37.6 Å². The van der Waals surface area contributed by atoms with E-state index in [-0.39, 0.29) is 0 Å². The topological polar surface area (TPSA) is 59.6 Å². The molecule has 1 aromatic carbocycles. The van der Waals surface area contributed by atoms with Crippen molar-refractivity contribution in [3.05, 3.63) is 29.8 Å². The van der Waals surface area contributed by atoms with Gasteiger partial charge in [-0.25, -0.2) is 0 Å². The molecule has 1 aromatic rings. The van der Waals surface area contributed by atoms with Crippen LogP contribution in [0.1, 0.15) is 37.2 Å². The Kier molecular flexibility index (Phi) is 3.81. The Labute approximate surface area is 120 Å². The van der Waals surface area contributed by atoms with Crippen LogP contribution in [0.5, 0.6) is 5.75 Å². The van der Waals surface area contributed by atoms with Gasteiger partial charge in [0.1, 0.15) is 5.75 Å². The van der Waals surface area contributed by atoms with Crippen LogP contribution in [0, 0.1) is 5.92 Å². The SMILES string of the molecule is COc1cccc([C@@H]2C[C@H]2NC(N)=NCC2CCC2)c1. The summed E-state index contributed by atoms with van der Waals surface area (Å²) < 4.78 is 5.26. The van der Waals surface area contributed by atoms with Gasteiger partial charge in [-0.2, -0.15) is 0 Å². The summed E-state index contributed by atoms with van der Waals surface area (Å²) in [5, 5.41) is 3.33. The number of nitrogens with zero attached hydrogens (tertiary/aromatic N) is 1. The molecule has 0 aliphatic heterocycles. The lowest BCUT2D eigenvalue weighted by atomic mass is 9.86. The number of aliphatic imine (C=N–C) groups is 1. The first-order chi connectivity index (χ1) is 9.76. The van der Waals surface area contributed by atoms with Gasteiger partial charge in [-0.1, -0.05) is 18.6 Å². The zero-order valence-electron chi connectivity index (χ0n) is 12.0. The Bertz CT molecular complexity index is 496. The highest BCUT2D eigenvalue weighted by molar-refractivity contribution is 5.78. The first-order valence-electron chi connectivity index (χ1n) is 7.46. The van der Waals surface area contributed by atoms with Crippen molar-refractivity contribution in [3.8, 4) is 5.75 Å². The monoisotopic (exact) mass is 273 g/mol. The second-order valence-corrected chi connectivity index (χ2v) is 5.89. The minimum atomic E-state index is 0.423. The first-order valence-corrected chi connectivity index (χ1v) is 7.46. The predicted octanol–water partition coefficient (Wildman–Crippen LogP) is 2.26. The van der Waals surface area contributed by atoms with Gasteiger partial charge in [0.2, 0.25) is 0 Å².